The number of carbonyl (C=O) groups excluding carboxylic acids is 3. The number of aromatic nitrogens is 2. The molecule has 244 valence electrons. The molecule has 5 rings (SSSR count). The van der Waals surface area contributed by atoms with Gasteiger partial charge in [0.25, 0.3) is 11.8 Å². The lowest BCUT2D eigenvalue weighted by atomic mass is 10.1. The first-order valence-electron chi connectivity index (χ1n) is 14.6. The lowest BCUT2D eigenvalue weighted by molar-refractivity contribution is -0.137. The largest absolute Gasteiger partial charge is 0.416 e. The van der Waals surface area contributed by atoms with Gasteiger partial charge < -0.3 is 16.0 Å². The number of aryl methyl sites for hydroxylation is 1. The van der Waals surface area contributed by atoms with Crippen LogP contribution >= 0.6 is 0 Å². The van der Waals surface area contributed by atoms with Crippen LogP contribution in [-0.4, -0.2) is 60.0 Å². The van der Waals surface area contributed by atoms with Gasteiger partial charge in [-0.05, 0) is 76.5 Å². The van der Waals surface area contributed by atoms with Gasteiger partial charge in [-0.25, -0.2) is 9.78 Å². The normalized spacial score (nSPS) is 13.7. The molecule has 0 spiro atoms. The zero-order chi connectivity index (χ0) is 34.0. The SMILES string of the molecule is Cc1ccc(Nc2ncc3c(n2)N(C)C(=O)N(c2cc(NC(=O)c4cccc(C(F)(F)F)c4)ccc2C(=O)NC(C)N(C)C)C3)cc1. The van der Waals surface area contributed by atoms with Crippen molar-refractivity contribution in [3.63, 3.8) is 0 Å². The molecule has 1 aliphatic rings. The number of benzene rings is 3. The minimum absolute atomic E-state index is 0.00212. The van der Waals surface area contributed by atoms with Crippen LogP contribution in [0.3, 0.4) is 0 Å². The van der Waals surface area contributed by atoms with E-state index in [0.29, 0.717) is 11.4 Å². The van der Waals surface area contributed by atoms with E-state index in [1.807, 2.05) is 31.2 Å². The van der Waals surface area contributed by atoms with Crippen LogP contribution in [0.4, 0.5) is 46.8 Å². The van der Waals surface area contributed by atoms with Crippen LogP contribution in [0.15, 0.2) is 72.9 Å². The number of hydrogen-bond acceptors (Lipinski definition) is 7. The van der Waals surface area contributed by atoms with E-state index >= 15 is 0 Å². The summed E-state index contributed by atoms with van der Waals surface area (Å²) >= 11 is 0. The lowest BCUT2D eigenvalue weighted by Crippen LogP contribution is -2.47. The molecule has 11 nitrogen and oxygen atoms in total. The first-order valence-corrected chi connectivity index (χ1v) is 14.6. The average molecular weight is 647 g/mol. The summed E-state index contributed by atoms with van der Waals surface area (Å²) in [6.07, 6.45) is -3.40. The van der Waals surface area contributed by atoms with Gasteiger partial charge in [-0.2, -0.15) is 18.2 Å². The van der Waals surface area contributed by atoms with Crippen LogP contribution in [-0.2, 0) is 12.7 Å². The number of carbonyl (C=O) groups is 3. The molecule has 4 aromatic rings. The summed E-state index contributed by atoms with van der Waals surface area (Å²) in [6, 6.07) is 15.5. The van der Waals surface area contributed by atoms with E-state index in [1.54, 1.807) is 39.2 Å². The third-order valence-electron chi connectivity index (χ3n) is 7.67. The number of hydrogen-bond donors (Lipinski definition) is 3. The maximum absolute atomic E-state index is 13.8. The van der Waals surface area contributed by atoms with Gasteiger partial charge in [0, 0.05) is 35.7 Å². The molecule has 1 unspecified atom stereocenters. The van der Waals surface area contributed by atoms with E-state index in [1.165, 1.54) is 34.1 Å². The van der Waals surface area contributed by atoms with Crippen molar-refractivity contribution in [3.8, 4) is 0 Å². The second kappa shape index (κ2) is 13.1. The molecular weight excluding hydrogens is 613 g/mol. The number of amides is 4. The summed E-state index contributed by atoms with van der Waals surface area (Å²) in [4.78, 5) is 53.7. The van der Waals surface area contributed by atoms with Crippen LogP contribution in [0.1, 0.15) is 44.3 Å². The van der Waals surface area contributed by atoms with Crippen LogP contribution in [0.5, 0.6) is 0 Å². The Bertz CT molecular complexity index is 1830. The highest BCUT2D eigenvalue weighted by Gasteiger charge is 2.34. The van der Waals surface area contributed by atoms with Crippen LogP contribution in [0, 0.1) is 6.92 Å². The smallest absolute Gasteiger partial charge is 0.337 e. The second-order valence-electron chi connectivity index (χ2n) is 11.3. The molecule has 0 saturated carbocycles. The average Bonchev–Trinajstić information content (AvgIpc) is 3.03. The molecule has 14 heteroatoms. The molecule has 1 aliphatic heterocycles. The minimum Gasteiger partial charge on any atom is -0.337 e. The van der Waals surface area contributed by atoms with Crippen molar-refractivity contribution in [3.05, 3.63) is 101 Å². The van der Waals surface area contributed by atoms with Gasteiger partial charge >= 0.3 is 12.2 Å². The van der Waals surface area contributed by atoms with E-state index in [-0.39, 0.29) is 41.2 Å². The highest BCUT2D eigenvalue weighted by atomic mass is 19.4. The molecule has 3 aromatic carbocycles. The van der Waals surface area contributed by atoms with Crippen molar-refractivity contribution < 1.29 is 27.6 Å². The zero-order valence-electron chi connectivity index (χ0n) is 26.3. The second-order valence-corrected chi connectivity index (χ2v) is 11.3. The third kappa shape index (κ3) is 7.33. The summed E-state index contributed by atoms with van der Waals surface area (Å²) in [5, 5.41) is 8.59. The molecular formula is C33H33F3N8O3. The Morgan fingerprint density at radius 2 is 1.68 bits per heavy atom. The van der Waals surface area contributed by atoms with Crippen molar-refractivity contribution >= 4 is 46.7 Å². The van der Waals surface area contributed by atoms with Crippen LogP contribution in [0.25, 0.3) is 0 Å². The summed E-state index contributed by atoms with van der Waals surface area (Å²) in [6.45, 7) is 3.76. The Kier molecular flexibility index (Phi) is 9.15. The number of nitrogens with one attached hydrogen (secondary N) is 3. The molecule has 3 N–H and O–H groups in total. The first-order chi connectivity index (χ1) is 22.2. The Balaban J connectivity index is 1.48. The van der Waals surface area contributed by atoms with Crippen molar-refractivity contribution in [2.24, 2.45) is 0 Å². The predicted molar refractivity (Wildman–Crippen MR) is 173 cm³/mol. The van der Waals surface area contributed by atoms with Gasteiger partial charge in [0.2, 0.25) is 5.95 Å². The molecule has 47 heavy (non-hydrogen) atoms. The topological polar surface area (TPSA) is 123 Å². The van der Waals surface area contributed by atoms with E-state index in [4.69, 9.17) is 0 Å². The fraction of sp³-hybridized carbons (Fsp3) is 0.242. The zero-order valence-corrected chi connectivity index (χ0v) is 26.3. The maximum atomic E-state index is 13.8. The fourth-order valence-electron chi connectivity index (χ4n) is 4.79. The number of fused-ring (bicyclic) bond motifs is 1. The van der Waals surface area contributed by atoms with E-state index in [2.05, 4.69) is 25.9 Å². The van der Waals surface area contributed by atoms with Gasteiger partial charge in [0.15, 0.2) is 0 Å². The quantitative estimate of drug-likeness (QED) is 0.200. The molecule has 1 aromatic heterocycles. The minimum atomic E-state index is -4.62. The van der Waals surface area contributed by atoms with Gasteiger partial charge in [-0.3, -0.25) is 24.3 Å². The Labute approximate surface area is 269 Å². The number of urea groups is 1. The Hall–Kier alpha value is -5.50. The molecule has 2 heterocycles. The standard InChI is InChI=1S/C33H33F3N8O3/c1-19-9-11-24(12-10-19)40-31-37-17-22-18-44(32(47)43(5)28(22)41-31)27-16-25(13-14-26(27)30(46)38-20(2)42(3)4)39-29(45)21-7-6-8-23(15-21)33(34,35)36/h6-17,20H,18H2,1-5H3,(H,38,46)(H,39,45)(H,37,40,41). The monoisotopic (exact) mass is 646 g/mol. The molecule has 4 amide bonds. The maximum Gasteiger partial charge on any atom is 0.416 e. The molecule has 0 radical (unpaired) electrons. The van der Waals surface area contributed by atoms with Gasteiger partial charge in [-0.15, -0.1) is 0 Å². The lowest BCUT2D eigenvalue weighted by Gasteiger charge is -2.35. The third-order valence-corrected chi connectivity index (χ3v) is 7.67. The Morgan fingerprint density at radius 1 is 0.979 bits per heavy atom. The van der Waals surface area contributed by atoms with Crippen molar-refractivity contribution in [2.45, 2.75) is 32.7 Å². The molecule has 0 fully saturated rings. The van der Waals surface area contributed by atoms with E-state index < -0.39 is 29.6 Å². The Morgan fingerprint density at radius 3 is 2.36 bits per heavy atom. The van der Waals surface area contributed by atoms with Crippen LogP contribution < -0.4 is 25.8 Å². The highest BCUT2D eigenvalue weighted by molar-refractivity contribution is 6.11. The highest BCUT2D eigenvalue weighted by Crippen LogP contribution is 2.34. The van der Waals surface area contributed by atoms with Gasteiger partial charge in [-0.1, -0.05) is 23.8 Å². The van der Waals surface area contributed by atoms with Crippen molar-refractivity contribution in [1.29, 1.82) is 0 Å². The van der Waals surface area contributed by atoms with Gasteiger partial charge in [0.05, 0.1) is 29.5 Å². The summed E-state index contributed by atoms with van der Waals surface area (Å²) < 4.78 is 39.8. The summed E-state index contributed by atoms with van der Waals surface area (Å²) in [5.41, 5.74) is 1.75. The molecule has 1 atom stereocenters. The predicted octanol–water partition coefficient (Wildman–Crippen LogP) is 6.01. The summed E-state index contributed by atoms with van der Waals surface area (Å²) in [7, 11) is 5.13. The number of alkyl halides is 3. The van der Waals surface area contributed by atoms with Crippen molar-refractivity contribution in [1.82, 2.24) is 20.2 Å². The fourth-order valence-corrected chi connectivity index (χ4v) is 4.79. The van der Waals surface area contributed by atoms with Crippen molar-refractivity contribution in [2.75, 3.05) is 41.6 Å². The molecule has 0 saturated heterocycles. The van der Waals surface area contributed by atoms with Crippen LogP contribution in [0.2, 0.25) is 0 Å². The van der Waals surface area contributed by atoms with E-state index in [0.717, 1.165) is 29.4 Å². The molecule has 0 aliphatic carbocycles. The number of rotatable bonds is 8. The first kappa shape index (κ1) is 32.9. The summed E-state index contributed by atoms with van der Waals surface area (Å²) in [5.74, 6) is -0.614. The molecule has 0 bridgehead atoms. The number of halogens is 3. The number of anilines is 5. The van der Waals surface area contributed by atoms with E-state index in [9.17, 15) is 27.6 Å². The number of nitrogens with zero attached hydrogens (tertiary/aromatic N) is 5. The van der Waals surface area contributed by atoms with Gasteiger partial charge in [0.1, 0.15) is 5.82 Å².